The van der Waals surface area contributed by atoms with E-state index in [0.29, 0.717) is 43.6 Å². The highest BCUT2D eigenvalue weighted by Crippen LogP contribution is 2.32. The van der Waals surface area contributed by atoms with Gasteiger partial charge in [-0.05, 0) is 25.0 Å². The van der Waals surface area contributed by atoms with Crippen LogP contribution >= 0.6 is 0 Å². The lowest BCUT2D eigenvalue weighted by atomic mass is 10.2. The van der Waals surface area contributed by atoms with E-state index in [2.05, 4.69) is 10.6 Å². The van der Waals surface area contributed by atoms with Crippen LogP contribution in [-0.2, 0) is 14.3 Å². The Morgan fingerprint density at radius 3 is 2.68 bits per heavy atom. The van der Waals surface area contributed by atoms with Gasteiger partial charge in [-0.25, -0.2) is 0 Å². The van der Waals surface area contributed by atoms with E-state index >= 15 is 0 Å². The predicted octanol–water partition coefficient (Wildman–Crippen LogP) is 0.691. The Morgan fingerprint density at radius 1 is 1.09 bits per heavy atom. The zero-order valence-electron chi connectivity index (χ0n) is 12.1. The maximum atomic E-state index is 11.8. The highest BCUT2D eigenvalue weighted by atomic mass is 16.6. The summed E-state index contributed by atoms with van der Waals surface area (Å²) < 4.78 is 16.2. The summed E-state index contributed by atoms with van der Waals surface area (Å²) >= 11 is 0. The molecule has 7 nitrogen and oxygen atoms in total. The second kappa shape index (κ2) is 6.65. The third kappa shape index (κ3) is 3.48. The largest absolute Gasteiger partial charge is 0.486 e. The summed E-state index contributed by atoms with van der Waals surface area (Å²) in [6.45, 7) is 2.04. The number of nitrogens with one attached hydrogen (secondary N) is 2. The second-order valence-electron chi connectivity index (χ2n) is 5.16. The number of hydrogen-bond acceptors (Lipinski definition) is 5. The molecule has 1 atom stereocenters. The summed E-state index contributed by atoms with van der Waals surface area (Å²) in [7, 11) is 0. The molecule has 3 rings (SSSR count). The zero-order valence-corrected chi connectivity index (χ0v) is 12.1. The van der Waals surface area contributed by atoms with Crippen LogP contribution < -0.4 is 20.1 Å². The van der Waals surface area contributed by atoms with Crippen LogP contribution in [0.5, 0.6) is 11.5 Å². The molecule has 0 unspecified atom stereocenters. The summed E-state index contributed by atoms with van der Waals surface area (Å²) in [6.07, 6.45) is 1.90. The summed E-state index contributed by atoms with van der Waals surface area (Å²) in [6, 6.07) is 5.01. The lowest BCUT2D eigenvalue weighted by molar-refractivity contribution is -0.136. The maximum Gasteiger partial charge on any atom is 0.313 e. The Balaban J connectivity index is 1.53. The van der Waals surface area contributed by atoms with Crippen molar-refractivity contribution in [1.29, 1.82) is 0 Å². The minimum atomic E-state index is -0.713. The Morgan fingerprint density at radius 2 is 1.91 bits per heavy atom. The number of anilines is 1. The van der Waals surface area contributed by atoms with Crippen LogP contribution in [0.25, 0.3) is 0 Å². The maximum absolute atomic E-state index is 11.8. The average Bonchev–Trinajstić information content (AvgIpc) is 3.06. The van der Waals surface area contributed by atoms with E-state index in [-0.39, 0.29) is 6.10 Å². The van der Waals surface area contributed by atoms with E-state index in [0.717, 1.165) is 12.8 Å². The molecule has 22 heavy (non-hydrogen) atoms. The SMILES string of the molecule is O=C(NC[C@@H]1CCCO1)C(=O)Nc1ccc2c(c1)OCCO2. The molecule has 2 amide bonds. The molecule has 0 aliphatic carbocycles. The van der Waals surface area contributed by atoms with Crippen molar-refractivity contribution in [3.8, 4) is 11.5 Å². The van der Waals surface area contributed by atoms with Crippen LogP contribution in [0.4, 0.5) is 5.69 Å². The van der Waals surface area contributed by atoms with Gasteiger partial charge in [0.15, 0.2) is 11.5 Å². The number of benzene rings is 1. The van der Waals surface area contributed by atoms with Gasteiger partial charge in [0.25, 0.3) is 0 Å². The van der Waals surface area contributed by atoms with Crippen LogP contribution in [0.3, 0.4) is 0 Å². The van der Waals surface area contributed by atoms with Gasteiger partial charge >= 0.3 is 11.8 Å². The number of rotatable bonds is 3. The van der Waals surface area contributed by atoms with E-state index in [1.807, 2.05) is 0 Å². The van der Waals surface area contributed by atoms with Gasteiger partial charge in [-0.15, -0.1) is 0 Å². The lowest BCUT2D eigenvalue weighted by Crippen LogP contribution is -2.39. The quantitative estimate of drug-likeness (QED) is 0.803. The minimum absolute atomic E-state index is 0.00560. The summed E-state index contributed by atoms with van der Waals surface area (Å²) in [4.78, 5) is 23.6. The minimum Gasteiger partial charge on any atom is -0.486 e. The molecular formula is C15H18N2O5. The Kier molecular flexibility index (Phi) is 4.43. The van der Waals surface area contributed by atoms with Crippen molar-refractivity contribution in [3.05, 3.63) is 18.2 Å². The van der Waals surface area contributed by atoms with Crippen molar-refractivity contribution in [1.82, 2.24) is 5.32 Å². The first kappa shape index (κ1) is 14.6. The highest BCUT2D eigenvalue weighted by Gasteiger charge is 2.20. The van der Waals surface area contributed by atoms with E-state index in [4.69, 9.17) is 14.2 Å². The van der Waals surface area contributed by atoms with Crippen molar-refractivity contribution < 1.29 is 23.8 Å². The van der Waals surface area contributed by atoms with Gasteiger partial charge in [0.1, 0.15) is 13.2 Å². The van der Waals surface area contributed by atoms with Gasteiger partial charge in [0.2, 0.25) is 0 Å². The fourth-order valence-corrected chi connectivity index (χ4v) is 2.40. The number of hydrogen-bond donors (Lipinski definition) is 2. The van der Waals surface area contributed by atoms with Crippen molar-refractivity contribution in [2.24, 2.45) is 0 Å². The molecule has 1 aromatic carbocycles. The van der Waals surface area contributed by atoms with Crippen LogP contribution in [0, 0.1) is 0 Å². The van der Waals surface area contributed by atoms with Gasteiger partial charge < -0.3 is 24.8 Å². The number of amides is 2. The molecule has 0 spiro atoms. The number of fused-ring (bicyclic) bond motifs is 1. The second-order valence-corrected chi connectivity index (χ2v) is 5.16. The lowest BCUT2D eigenvalue weighted by Gasteiger charge is -2.19. The zero-order chi connectivity index (χ0) is 15.4. The molecule has 2 aliphatic heterocycles. The number of carbonyl (C=O) groups excluding carboxylic acids is 2. The molecule has 0 aromatic heterocycles. The molecular weight excluding hydrogens is 288 g/mol. The normalized spacial score (nSPS) is 19.5. The van der Waals surface area contributed by atoms with Crippen LogP contribution in [0.2, 0.25) is 0 Å². The summed E-state index contributed by atoms with van der Waals surface area (Å²) in [5.41, 5.74) is 0.488. The highest BCUT2D eigenvalue weighted by molar-refractivity contribution is 6.39. The standard InChI is InChI=1S/C15H18N2O5/c18-14(16-9-11-2-1-5-20-11)15(19)17-10-3-4-12-13(8-10)22-7-6-21-12/h3-4,8,11H,1-2,5-7,9H2,(H,16,18)(H,17,19)/t11-/m0/s1. The first-order chi connectivity index (χ1) is 10.7. The molecule has 1 saturated heterocycles. The van der Waals surface area contributed by atoms with Gasteiger partial charge in [0.05, 0.1) is 6.10 Å². The average molecular weight is 306 g/mol. The van der Waals surface area contributed by atoms with Crippen molar-refractivity contribution >= 4 is 17.5 Å². The first-order valence-corrected chi connectivity index (χ1v) is 7.33. The van der Waals surface area contributed by atoms with E-state index in [1.165, 1.54) is 0 Å². The monoisotopic (exact) mass is 306 g/mol. The van der Waals surface area contributed by atoms with Gasteiger partial charge in [0, 0.05) is 24.9 Å². The molecule has 0 bridgehead atoms. The van der Waals surface area contributed by atoms with Crippen LogP contribution in [0.1, 0.15) is 12.8 Å². The van der Waals surface area contributed by atoms with Gasteiger partial charge in [-0.1, -0.05) is 0 Å². The predicted molar refractivity (Wildman–Crippen MR) is 78.0 cm³/mol. The van der Waals surface area contributed by atoms with Crippen LogP contribution in [0.15, 0.2) is 18.2 Å². The number of carbonyl (C=O) groups is 2. The molecule has 2 aliphatic rings. The van der Waals surface area contributed by atoms with E-state index in [9.17, 15) is 9.59 Å². The molecule has 7 heteroatoms. The van der Waals surface area contributed by atoms with E-state index in [1.54, 1.807) is 18.2 Å². The Bertz CT molecular complexity index is 569. The smallest absolute Gasteiger partial charge is 0.313 e. The fraction of sp³-hybridized carbons (Fsp3) is 0.467. The molecule has 2 heterocycles. The molecule has 1 aromatic rings. The topological polar surface area (TPSA) is 85.9 Å². The molecule has 1 fully saturated rings. The fourth-order valence-electron chi connectivity index (χ4n) is 2.40. The van der Waals surface area contributed by atoms with Crippen molar-refractivity contribution in [2.75, 3.05) is 31.7 Å². The summed E-state index contributed by atoms with van der Waals surface area (Å²) in [5.74, 6) is -0.198. The molecule has 118 valence electrons. The Hall–Kier alpha value is -2.28. The van der Waals surface area contributed by atoms with Crippen molar-refractivity contribution in [3.63, 3.8) is 0 Å². The Labute approximate surface area is 127 Å². The third-order valence-electron chi connectivity index (χ3n) is 3.52. The first-order valence-electron chi connectivity index (χ1n) is 7.33. The van der Waals surface area contributed by atoms with Crippen molar-refractivity contribution in [2.45, 2.75) is 18.9 Å². The molecule has 2 N–H and O–H groups in total. The van der Waals surface area contributed by atoms with Gasteiger partial charge in [-0.2, -0.15) is 0 Å². The third-order valence-corrected chi connectivity index (χ3v) is 3.52. The van der Waals surface area contributed by atoms with Gasteiger partial charge in [-0.3, -0.25) is 9.59 Å². The van der Waals surface area contributed by atoms with E-state index < -0.39 is 11.8 Å². The molecule has 0 radical (unpaired) electrons. The molecule has 0 saturated carbocycles. The number of ether oxygens (including phenoxy) is 3. The van der Waals surface area contributed by atoms with Crippen LogP contribution in [-0.4, -0.2) is 44.3 Å². The summed E-state index contributed by atoms with van der Waals surface area (Å²) in [5, 5.41) is 5.11.